The average Bonchev–Trinajstić information content (AvgIpc) is 3.01. The van der Waals surface area contributed by atoms with E-state index in [0.29, 0.717) is 22.3 Å². The average molecular weight is 384 g/mol. The molecule has 0 aliphatic carbocycles. The Morgan fingerprint density at radius 3 is 2.75 bits per heavy atom. The summed E-state index contributed by atoms with van der Waals surface area (Å²) in [7, 11) is -3.06. The van der Waals surface area contributed by atoms with Gasteiger partial charge in [0.15, 0.2) is 0 Å². The third kappa shape index (κ3) is 3.72. The molecule has 2 saturated heterocycles. The molecule has 2 aliphatic heterocycles. The largest absolute Gasteiger partial charge is 0.615 e. The van der Waals surface area contributed by atoms with Crippen molar-refractivity contribution in [3.63, 3.8) is 0 Å². The maximum atomic E-state index is 12.6. The molecule has 0 saturated carbocycles. The number of nitrogens with zero attached hydrogens (tertiary/aromatic N) is 1. The number of carbonyl (C=O) groups excluding carboxylic acids is 1. The minimum atomic E-state index is -3.06. The molecule has 0 spiro atoms. The van der Waals surface area contributed by atoms with Crippen molar-refractivity contribution in [2.75, 3.05) is 18.1 Å². The van der Waals surface area contributed by atoms with Gasteiger partial charge in [-0.1, -0.05) is 36.1 Å². The Bertz CT molecular complexity index is 744. The normalized spacial score (nSPS) is 28.8. The van der Waals surface area contributed by atoms with Gasteiger partial charge in [-0.2, -0.15) is 0 Å². The maximum Gasteiger partial charge on any atom is 0.266 e. The number of benzene rings is 1. The van der Waals surface area contributed by atoms with E-state index in [-0.39, 0.29) is 23.5 Å². The van der Waals surface area contributed by atoms with Crippen LogP contribution in [0.15, 0.2) is 29.2 Å². The number of hydrogen-bond donors (Lipinski definition) is 0. The first kappa shape index (κ1) is 17.6. The number of hydrogen-bond acceptors (Lipinski definition) is 6. The predicted molar refractivity (Wildman–Crippen MR) is 99.6 cm³/mol. The highest BCUT2D eigenvalue weighted by atomic mass is 32.3. The second-order valence-electron chi connectivity index (χ2n) is 5.61. The van der Waals surface area contributed by atoms with Crippen molar-refractivity contribution >= 4 is 50.5 Å². The Labute approximate surface area is 151 Å². The molecule has 0 bridgehead atoms. The van der Waals surface area contributed by atoms with Crippen molar-refractivity contribution < 1.29 is 18.3 Å². The fraction of sp³-hybridized carbons (Fsp3) is 0.375. The van der Waals surface area contributed by atoms with Crippen molar-refractivity contribution in [2.45, 2.75) is 19.4 Å². The highest BCUT2D eigenvalue weighted by Gasteiger charge is 2.44. The Hall–Kier alpha value is -1.22. The summed E-state index contributed by atoms with van der Waals surface area (Å²) in [4.78, 5) is 14.6. The van der Waals surface area contributed by atoms with Crippen LogP contribution < -0.4 is 4.74 Å². The zero-order valence-electron chi connectivity index (χ0n) is 13.1. The topological polar surface area (TPSA) is 69.7 Å². The molecule has 1 aromatic rings. The molecular formula is C16H17NO4S3. The summed E-state index contributed by atoms with van der Waals surface area (Å²) >= 11 is 6.51. The van der Waals surface area contributed by atoms with E-state index in [1.165, 1.54) is 16.7 Å². The molecule has 1 aromatic carbocycles. The van der Waals surface area contributed by atoms with Gasteiger partial charge in [-0.15, -0.1) is 4.21 Å². The Morgan fingerprint density at radius 1 is 1.46 bits per heavy atom. The first-order chi connectivity index (χ1) is 11.4. The Kier molecular flexibility index (Phi) is 5.10. The molecule has 2 heterocycles. The SMILES string of the molecule is CCOc1ccc(/C=C2/SC(=S)N(C3CC[S+](=O)([O-])C3)C2=O)cc1. The quantitative estimate of drug-likeness (QED) is 0.452. The van der Waals surface area contributed by atoms with Crippen LogP contribution in [0.2, 0.25) is 0 Å². The van der Waals surface area contributed by atoms with Crippen LogP contribution in [-0.2, 0) is 19.2 Å². The second-order valence-corrected chi connectivity index (χ2v) is 9.52. The zero-order valence-corrected chi connectivity index (χ0v) is 15.5. The fourth-order valence-corrected chi connectivity index (χ4v) is 5.85. The lowest BCUT2D eigenvalue weighted by Crippen LogP contribution is -2.39. The van der Waals surface area contributed by atoms with Crippen molar-refractivity contribution in [3.05, 3.63) is 34.7 Å². The smallest absolute Gasteiger partial charge is 0.266 e. The zero-order chi connectivity index (χ0) is 17.3. The predicted octanol–water partition coefficient (Wildman–Crippen LogP) is 2.69. The lowest BCUT2D eigenvalue weighted by Gasteiger charge is -2.20. The highest BCUT2D eigenvalue weighted by molar-refractivity contribution is 8.26. The van der Waals surface area contributed by atoms with Crippen LogP contribution >= 0.6 is 24.0 Å². The van der Waals surface area contributed by atoms with Gasteiger partial charge < -0.3 is 9.29 Å². The maximum absolute atomic E-state index is 12.6. The van der Waals surface area contributed by atoms with Gasteiger partial charge >= 0.3 is 0 Å². The first-order valence-corrected chi connectivity index (χ1v) is 10.6. The monoisotopic (exact) mass is 383 g/mol. The van der Waals surface area contributed by atoms with Gasteiger partial charge in [0.05, 0.1) is 17.6 Å². The van der Waals surface area contributed by atoms with Gasteiger partial charge in [-0.25, -0.2) is 0 Å². The van der Waals surface area contributed by atoms with E-state index in [4.69, 9.17) is 17.0 Å². The van der Waals surface area contributed by atoms with E-state index in [1.807, 2.05) is 31.2 Å². The summed E-state index contributed by atoms with van der Waals surface area (Å²) < 4.78 is 29.1. The number of thiocarbonyl (C=S) groups is 1. The molecule has 8 heteroatoms. The van der Waals surface area contributed by atoms with Crippen LogP contribution in [0.4, 0.5) is 0 Å². The van der Waals surface area contributed by atoms with Crippen LogP contribution in [-0.4, -0.2) is 43.8 Å². The molecule has 24 heavy (non-hydrogen) atoms. The van der Waals surface area contributed by atoms with Crippen LogP contribution in [0, 0.1) is 0 Å². The van der Waals surface area contributed by atoms with Crippen LogP contribution in [0.1, 0.15) is 18.9 Å². The van der Waals surface area contributed by atoms with Gasteiger partial charge in [0, 0.05) is 16.6 Å². The third-order valence-corrected chi connectivity index (χ3v) is 6.97. The molecule has 0 N–H and O–H groups in total. The number of sulfone groups is 1. The number of thioether (sulfide) groups is 1. The van der Waals surface area contributed by atoms with Gasteiger partial charge in [0.2, 0.25) is 0 Å². The fourth-order valence-electron chi connectivity index (χ4n) is 2.75. The van der Waals surface area contributed by atoms with E-state index in [2.05, 4.69) is 0 Å². The summed E-state index contributed by atoms with van der Waals surface area (Å²) in [5, 5.41) is 0. The molecule has 0 radical (unpaired) electrons. The van der Waals surface area contributed by atoms with Gasteiger partial charge in [0.25, 0.3) is 5.91 Å². The van der Waals surface area contributed by atoms with Crippen molar-refractivity contribution in [2.24, 2.45) is 0 Å². The Balaban J connectivity index is 1.77. The molecular weight excluding hydrogens is 366 g/mol. The van der Waals surface area contributed by atoms with E-state index in [1.54, 1.807) is 6.08 Å². The number of ether oxygens (including phenoxy) is 1. The van der Waals surface area contributed by atoms with Crippen LogP contribution in [0.25, 0.3) is 6.08 Å². The van der Waals surface area contributed by atoms with Gasteiger partial charge in [0.1, 0.15) is 21.6 Å². The molecule has 2 aliphatic rings. The van der Waals surface area contributed by atoms with Crippen LogP contribution in [0.3, 0.4) is 0 Å². The lowest BCUT2D eigenvalue weighted by molar-refractivity contribution is -0.123. The molecule has 128 valence electrons. The number of carbonyl (C=O) groups is 1. The van der Waals surface area contributed by atoms with Crippen LogP contribution in [0.5, 0.6) is 5.75 Å². The van der Waals surface area contributed by atoms with E-state index >= 15 is 0 Å². The van der Waals surface area contributed by atoms with Crippen molar-refractivity contribution in [1.82, 2.24) is 4.90 Å². The summed E-state index contributed by atoms with van der Waals surface area (Å²) in [6.45, 7) is 2.52. The summed E-state index contributed by atoms with van der Waals surface area (Å²) in [5.41, 5.74) is 0.873. The van der Waals surface area contributed by atoms with E-state index in [9.17, 15) is 13.6 Å². The second kappa shape index (κ2) is 6.95. The standard InChI is InChI=1S/C16H17NO4S3/c1-2-21-13-5-3-11(4-6-13)9-14-15(18)17(16(22)23-14)12-7-8-24(19,20)10-12/h3-6,9,12H,2,7-8,10H2,1H3/b14-9+. The molecule has 2 fully saturated rings. The molecule has 1 amide bonds. The summed E-state index contributed by atoms with van der Waals surface area (Å²) in [6, 6.07) is 7.10. The highest BCUT2D eigenvalue weighted by Crippen LogP contribution is 2.37. The molecule has 3 rings (SSSR count). The minimum Gasteiger partial charge on any atom is -0.615 e. The van der Waals surface area contributed by atoms with Crippen molar-refractivity contribution in [1.29, 1.82) is 0 Å². The minimum absolute atomic E-state index is 0.00419. The third-order valence-electron chi connectivity index (χ3n) is 3.89. The summed E-state index contributed by atoms with van der Waals surface area (Å²) in [6.07, 6.45) is 2.23. The lowest BCUT2D eigenvalue weighted by atomic mass is 10.2. The number of amides is 1. The van der Waals surface area contributed by atoms with E-state index < -0.39 is 10.2 Å². The molecule has 2 unspecified atom stereocenters. The van der Waals surface area contributed by atoms with Gasteiger partial charge in [-0.05, 0) is 30.7 Å². The molecule has 5 nitrogen and oxygen atoms in total. The molecule has 0 aromatic heterocycles. The summed E-state index contributed by atoms with van der Waals surface area (Å²) in [5.74, 6) is 0.682. The van der Waals surface area contributed by atoms with E-state index in [0.717, 1.165) is 11.3 Å². The van der Waals surface area contributed by atoms with Crippen molar-refractivity contribution in [3.8, 4) is 5.75 Å². The molecule has 2 atom stereocenters. The first-order valence-electron chi connectivity index (χ1n) is 7.60. The Morgan fingerprint density at radius 2 is 2.17 bits per heavy atom. The number of rotatable bonds is 4. The van der Waals surface area contributed by atoms with Gasteiger partial charge in [-0.3, -0.25) is 9.69 Å².